The predicted octanol–water partition coefficient (Wildman–Crippen LogP) is 2.45. The van der Waals surface area contributed by atoms with Crippen molar-refractivity contribution in [2.75, 3.05) is 19.3 Å². The highest BCUT2D eigenvalue weighted by Crippen LogP contribution is 2.11. The number of rotatable bonds is 4. The molecular formula is C14H21ClN2OS. The summed E-state index contributed by atoms with van der Waals surface area (Å²) in [6, 6.07) is 8.17. The SMILES string of the molecule is CSCc1ccc(C(=O)N[C@H]2CCCNC2)cc1.Cl. The monoisotopic (exact) mass is 300 g/mol. The highest BCUT2D eigenvalue weighted by Gasteiger charge is 2.15. The molecule has 3 nitrogen and oxygen atoms in total. The van der Waals surface area contributed by atoms with Crippen molar-refractivity contribution in [1.82, 2.24) is 10.6 Å². The van der Waals surface area contributed by atoms with E-state index < -0.39 is 0 Å². The molecule has 2 rings (SSSR count). The summed E-state index contributed by atoms with van der Waals surface area (Å²) in [6.07, 6.45) is 4.29. The molecule has 0 unspecified atom stereocenters. The van der Waals surface area contributed by atoms with Gasteiger partial charge in [0.05, 0.1) is 0 Å². The Morgan fingerprint density at radius 2 is 2.16 bits per heavy atom. The van der Waals surface area contributed by atoms with Crippen molar-refractivity contribution >= 4 is 30.1 Å². The predicted molar refractivity (Wildman–Crippen MR) is 84.3 cm³/mol. The van der Waals surface area contributed by atoms with Crippen LogP contribution in [0.2, 0.25) is 0 Å². The zero-order valence-corrected chi connectivity index (χ0v) is 12.8. The van der Waals surface area contributed by atoms with Gasteiger partial charge >= 0.3 is 0 Å². The van der Waals surface area contributed by atoms with Crippen LogP contribution in [0.25, 0.3) is 0 Å². The maximum Gasteiger partial charge on any atom is 0.251 e. The fourth-order valence-corrected chi connectivity index (χ4v) is 2.69. The normalized spacial score (nSPS) is 18.5. The van der Waals surface area contributed by atoms with Crippen molar-refractivity contribution in [1.29, 1.82) is 0 Å². The van der Waals surface area contributed by atoms with E-state index in [-0.39, 0.29) is 24.4 Å². The summed E-state index contributed by atoms with van der Waals surface area (Å²) in [5, 5.41) is 6.38. The molecule has 106 valence electrons. The Morgan fingerprint density at radius 1 is 1.42 bits per heavy atom. The second-order valence-corrected chi connectivity index (χ2v) is 5.51. The average Bonchev–Trinajstić information content (AvgIpc) is 2.41. The maximum atomic E-state index is 12.0. The van der Waals surface area contributed by atoms with Crippen molar-refractivity contribution in [3.63, 3.8) is 0 Å². The fraction of sp³-hybridized carbons (Fsp3) is 0.500. The van der Waals surface area contributed by atoms with Crippen LogP contribution in [-0.4, -0.2) is 31.3 Å². The van der Waals surface area contributed by atoms with E-state index in [2.05, 4.69) is 16.9 Å². The third-order valence-electron chi connectivity index (χ3n) is 3.16. The van der Waals surface area contributed by atoms with Crippen LogP contribution in [0.15, 0.2) is 24.3 Å². The van der Waals surface area contributed by atoms with Gasteiger partial charge < -0.3 is 10.6 Å². The Balaban J connectivity index is 0.00000180. The molecule has 2 N–H and O–H groups in total. The molecule has 1 saturated heterocycles. The first-order chi connectivity index (χ1) is 8.79. The first-order valence-electron chi connectivity index (χ1n) is 6.39. The van der Waals surface area contributed by atoms with E-state index in [1.807, 2.05) is 24.3 Å². The number of halogens is 1. The summed E-state index contributed by atoms with van der Waals surface area (Å²) in [7, 11) is 0. The second kappa shape index (κ2) is 8.46. The number of carbonyl (C=O) groups excluding carboxylic acids is 1. The molecule has 1 aromatic carbocycles. The number of piperidine rings is 1. The van der Waals surface area contributed by atoms with Crippen LogP contribution in [0, 0.1) is 0 Å². The molecule has 0 aromatic heterocycles. The van der Waals surface area contributed by atoms with Crippen molar-refractivity contribution in [2.45, 2.75) is 24.6 Å². The molecule has 1 atom stereocenters. The summed E-state index contributed by atoms with van der Waals surface area (Å²) in [5.74, 6) is 1.04. The number of hydrogen-bond donors (Lipinski definition) is 2. The number of hydrogen-bond acceptors (Lipinski definition) is 3. The number of benzene rings is 1. The summed E-state index contributed by atoms with van der Waals surface area (Å²) in [5.41, 5.74) is 2.02. The fourth-order valence-electron chi connectivity index (χ4n) is 2.16. The lowest BCUT2D eigenvalue weighted by Gasteiger charge is -2.23. The Morgan fingerprint density at radius 3 is 2.74 bits per heavy atom. The third kappa shape index (κ3) is 5.05. The molecule has 0 spiro atoms. The molecule has 1 fully saturated rings. The number of nitrogens with one attached hydrogen (secondary N) is 2. The van der Waals surface area contributed by atoms with Gasteiger partial charge in [0.2, 0.25) is 0 Å². The Kier molecular flexibility index (Phi) is 7.28. The van der Waals surface area contributed by atoms with Gasteiger partial charge in [0, 0.05) is 23.9 Å². The Hall–Kier alpha value is -0.710. The van der Waals surface area contributed by atoms with Gasteiger partial charge in [-0.05, 0) is 43.3 Å². The van der Waals surface area contributed by atoms with Gasteiger partial charge in [0.25, 0.3) is 5.91 Å². The van der Waals surface area contributed by atoms with Crippen LogP contribution in [-0.2, 0) is 5.75 Å². The topological polar surface area (TPSA) is 41.1 Å². The quantitative estimate of drug-likeness (QED) is 0.897. The van der Waals surface area contributed by atoms with Gasteiger partial charge in [-0.15, -0.1) is 12.4 Å². The van der Waals surface area contributed by atoms with Crippen molar-refractivity contribution in [2.24, 2.45) is 0 Å². The molecular weight excluding hydrogens is 280 g/mol. The molecule has 0 bridgehead atoms. The average molecular weight is 301 g/mol. The van der Waals surface area contributed by atoms with Crippen LogP contribution in [0.5, 0.6) is 0 Å². The summed E-state index contributed by atoms with van der Waals surface area (Å²) in [4.78, 5) is 12.0. The summed E-state index contributed by atoms with van der Waals surface area (Å²) >= 11 is 1.79. The number of thioether (sulfide) groups is 1. The minimum Gasteiger partial charge on any atom is -0.348 e. The third-order valence-corrected chi connectivity index (χ3v) is 3.78. The van der Waals surface area contributed by atoms with Crippen LogP contribution in [0.4, 0.5) is 0 Å². The highest BCUT2D eigenvalue weighted by atomic mass is 35.5. The standard InChI is InChI=1S/C14H20N2OS.ClH/c1-18-10-11-4-6-12(7-5-11)14(17)16-13-3-2-8-15-9-13;/h4-7,13,15H,2-3,8-10H2,1H3,(H,16,17);1H/t13-;/m0./s1. The minimum absolute atomic E-state index is 0. The largest absolute Gasteiger partial charge is 0.348 e. The lowest BCUT2D eigenvalue weighted by atomic mass is 10.1. The van der Waals surface area contributed by atoms with Gasteiger partial charge in [0.15, 0.2) is 0 Å². The van der Waals surface area contributed by atoms with E-state index >= 15 is 0 Å². The summed E-state index contributed by atoms with van der Waals surface area (Å²) in [6.45, 7) is 1.95. The number of carbonyl (C=O) groups is 1. The van der Waals surface area contributed by atoms with Crippen molar-refractivity contribution in [3.8, 4) is 0 Å². The number of amides is 1. The van der Waals surface area contributed by atoms with Crippen molar-refractivity contribution in [3.05, 3.63) is 35.4 Å². The van der Waals surface area contributed by atoms with E-state index in [0.29, 0.717) is 0 Å². The molecule has 1 amide bonds. The zero-order chi connectivity index (χ0) is 12.8. The van der Waals surface area contributed by atoms with Gasteiger partial charge in [-0.1, -0.05) is 12.1 Å². The molecule has 0 aliphatic carbocycles. The van der Waals surface area contributed by atoms with Crippen LogP contribution in [0.1, 0.15) is 28.8 Å². The lowest BCUT2D eigenvalue weighted by molar-refractivity contribution is 0.0930. The van der Waals surface area contributed by atoms with Crippen LogP contribution < -0.4 is 10.6 Å². The summed E-state index contributed by atoms with van der Waals surface area (Å²) < 4.78 is 0. The minimum atomic E-state index is 0. The van der Waals surface area contributed by atoms with E-state index in [0.717, 1.165) is 37.2 Å². The lowest BCUT2D eigenvalue weighted by Crippen LogP contribution is -2.45. The Labute approximate surface area is 125 Å². The van der Waals surface area contributed by atoms with Gasteiger partial charge in [0.1, 0.15) is 0 Å². The molecule has 0 saturated carbocycles. The van der Waals surface area contributed by atoms with Gasteiger partial charge in [-0.3, -0.25) is 4.79 Å². The molecule has 1 aromatic rings. The maximum absolute atomic E-state index is 12.0. The zero-order valence-electron chi connectivity index (χ0n) is 11.1. The van der Waals surface area contributed by atoms with Crippen LogP contribution in [0.3, 0.4) is 0 Å². The first kappa shape index (κ1) is 16.3. The van der Waals surface area contributed by atoms with Crippen LogP contribution >= 0.6 is 24.2 Å². The molecule has 19 heavy (non-hydrogen) atoms. The Bertz CT molecular complexity index is 391. The first-order valence-corrected chi connectivity index (χ1v) is 7.78. The smallest absolute Gasteiger partial charge is 0.251 e. The molecule has 1 aliphatic heterocycles. The molecule has 5 heteroatoms. The van der Waals surface area contributed by atoms with Gasteiger partial charge in [-0.2, -0.15) is 11.8 Å². The second-order valence-electron chi connectivity index (χ2n) is 4.65. The highest BCUT2D eigenvalue weighted by molar-refractivity contribution is 7.97. The van der Waals surface area contributed by atoms with E-state index in [9.17, 15) is 4.79 Å². The van der Waals surface area contributed by atoms with Crippen molar-refractivity contribution < 1.29 is 4.79 Å². The van der Waals surface area contributed by atoms with E-state index in [4.69, 9.17) is 0 Å². The molecule has 0 radical (unpaired) electrons. The molecule has 1 heterocycles. The van der Waals surface area contributed by atoms with E-state index in [1.54, 1.807) is 11.8 Å². The van der Waals surface area contributed by atoms with E-state index in [1.165, 1.54) is 5.56 Å². The molecule has 1 aliphatic rings. The van der Waals surface area contributed by atoms with Gasteiger partial charge in [-0.25, -0.2) is 0 Å².